The third-order valence-electron chi connectivity index (χ3n) is 13.2. The summed E-state index contributed by atoms with van der Waals surface area (Å²) in [5, 5.41) is 7.90. The monoisotopic (exact) mass is 880 g/mol. The highest BCUT2D eigenvalue weighted by Gasteiger charge is 2.19. The SMILES string of the molecule is CC(C)(C)Cc1ccc2sc3c(-c4ccc(-c5cccc(-c6cccc(-c7cccc(-c8cccc(-c9cc%10ccccc%10c%10ccccc9%10)c8)c7)c6)c5)cc4)cc(CC(C)(C)C)cc3c2c1. The summed E-state index contributed by atoms with van der Waals surface area (Å²) in [7, 11) is 0. The Morgan fingerprint density at radius 1 is 0.299 bits per heavy atom. The first-order valence-corrected chi connectivity index (χ1v) is 24.6. The van der Waals surface area contributed by atoms with Crippen molar-refractivity contribution in [1.82, 2.24) is 0 Å². The number of thiophene rings is 1. The number of hydrogen-bond acceptors (Lipinski definition) is 1. The summed E-state index contributed by atoms with van der Waals surface area (Å²) in [6.45, 7) is 14.0. The molecule has 0 fully saturated rings. The zero-order chi connectivity index (χ0) is 45.9. The second kappa shape index (κ2) is 17.0. The van der Waals surface area contributed by atoms with Gasteiger partial charge < -0.3 is 0 Å². The minimum atomic E-state index is 0.189. The van der Waals surface area contributed by atoms with Gasteiger partial charge in [0.05, 0.1) is 0 Å². The minimum Gasteiger partial charge on any atom is -0.135 e. The molecule has 1 heterocycles. The van der Waals surface area contributed by atoms with Crippen molar-refractivity contribution in [2.45, 2.75) is 54.4 Å². The average Bonchev–Trinajstić information content (AvgIpc) is 3.70. The van der Waals surface area contributed by atoms with Crippen molar-refractivity contribution in [2.24, 2.45) is 10.8 Å². The molecule has 11 aromatic rings. The molecule has 0 amide bonds. The smallest absolute Gasteiger partial charge is 0.0434 e. The quantitative estimate of drug-likeness (QED) is 0.133. The molecule has 0 atom stereocenters. The molecule has 0 spiro atoms. The van der Waals surface area contributed by atoms with Gasteiger partial charge in [-0.2, -0.15) is 0 Å². The van der Waals surface area contributed by atoms with E-state index in [0.717, 1.165) is 12.8 Å². The molecule has 0 bridgehead atoms. The summed E-state index contributed by atoms with van der Waals surface area (Å²) in [4.78, 5) is 0. The second-order valence-corrected chi connectivity index (χ2v) is 22.1. The van der Waals surface area contributed by atoms with Crippen molar-refractivity contribution in [3.05, 3.63) is 217 Å². The Morgan fingerprint density at radius 3 is 1.34 bits per heavy atom. The van der Waals surface area contributed by atoms with Crippen LogP contribution in [0.15, 0.2) is 206 Å². The maximum Gasteiger partial charge on any atom is 0.0434 e. The Labute approximate surface area is 400 Å². The maximum atomic E-state index is 2.47. The predicted molar refractivity (Wildman–Crippen MR) is 293 cm³/mol. The van der Waals surface area contributed by atoms with Crippen LogP contribution < -0.4 is 0 Å². The van der Waals surface area contributed by atoms with E-state index in [9.17, 15) is 0 Å². The van der Waals surface area contributed by atoms with Gasteiger partial charge in [0.25, 0.3) is 0 Å². The van der Waals surface area contributed by atoms with E-state index < -0.39 is 0 Å². The Kier molecular flexibility index (Phi) is 10.8. The van der Waals surface area contributed by atoms with Gasteiger partial charge >= 0.3 is 0 Å². The topological polar surface area (TPSA) is 0 Å². The molecule has 0 aliphatic heterocycles. The van der Waals surface area contributed by atoms with Gasteiger partial charge in [-0.3, -0.25) is 0 Å². The van der Waals surface area contributed by atoms with Crippen LogP contribution >= 0.6 is 11.3 Å². The van der Waals surface area contributed by atoms with Crippen molar-refractivity contribution in [1.29, 1.82) is 0 Å². The molecule has 0 unspecified atom stereocenters. The highest BCUT2D eigenvalue weighted by Crippen LogP contribution is 2.44. The zero-order valence-corrected chi connectivity index (χ0v) is 40.3. The number of hydrogen-bond donors (Lipinski definition) is 0. The first-order chi connectivity index (χ1) is 32.4. The van der Waals surface area contributed by atoms with Crippen molar-refractivity contribution < 1.29 is 0 Å². The summed E-state index contributed by atoms with van der Waals surface area (Å²) in [5.41, 5.74) is 18.0. The van der Waals surface area contributed by atoms with E-state index in [2.05, 4.69) is 248 Å². The number of rotatable bonds is 8. The molecule has 11 rings (SSSR count). The van der Waals surface area contributed by atoms with Gasteiger partial charge in [-0.25, -0.2) is 0 Å². The Bertz CT molecular complexity index is 3640. The van der Waals surface area contributed by atoms with Gasteiger partial charge in [-0.15, -0.1) is 11.3 Å². The van der Waals surface area contributed by atoms with Crippen LogP contribution in [0.25, 0.3) is 108 Å². The van der Waals surface area contributed by atoms with E-state index in [0.29, 0.717) is 0 Å². The van der Waals surface area contributed by atoms with Crippen molar-refractivity contribution in [3.8, 4) is 66.8 Å². The molecular formula is C66H56S. The van der Waals surface area contributed by atoms with Crippen LogP contribution in [0.4, 0.5) is 0 Å². The van der Waals surface area contributed by atoms with Crippen molar-refractivity contribution in [3.63, 3.8) is 0 Å². The molecule has 0 aliphatic carbocycles. The molecular weight excluding hydrogens is 825 g/mol. The fourth-order valence-electron chi connectivity index (χ4n) is 10.3. The van der Waals surface area contributed by atoms with Crippen LogP contribution in [0.1, 0.15) is 52.7 Å². The molecule has 326 valence electrons. The minimum absolute atomic E-state index is 0.189. The predicted octanol–water partition coefficient (Wildman–Crippen LogP) is 19.5. The number of fused-ring (bicyclic) bond motifs is 6. The van der Waals surface area contributed by atoms with Gasteiger partial charge in [0.15, 0.2) is 0 Å². The average molecular weight is 881 g/mol. The van der Waals surface area contributed by atoms with Crippen LogP contribution in [0.5, 0.6) is 0 Å². The van der Waals surface area contributed by atoms with Gasteiger partial charge in [-0.05, 0) is 178 Å². The highest BCUT2D eigenvalue weighted by molar-refractivity contribution is 7.26. The molecule has 0 radical (unpaired) electrons. The summed E-state index contributed by atoms with van der Waals surface area (Å²) in [6.07, 6.45) is 2.10. The summed E-state index contributed by atoms with van der Waals surface area (Å²) in [5.74, 6) is 0. The molecule has 0 saturated carbocycles. The van der Waals surface area contributed by atoms with E-state index in [1.165, 1.54) is 120 Å². The summed E-state index contributed by atoms with van der Waals surface area (Å²) < 4.78 is 2.74. The first kappa shape index (κ1) is 42.6. The molecule has 1 aromatic heterocycles. The molecule has 0 nitrogen and oxygen atoms in total. The van der Waals surface area contributed by atoms with Gasteiger partial charge in [-0.1, -0.05) is 193 Å². The summed E-state index contributed by atoms with van der Waals surface area (Å²) >= 11 is 1.94. The fourth-order valence-corrected chi connectivity index (χ4v) is 11.5. The van der Waals surface area contributed by atoms with Gasteiger partial charge in [0, 0.05) is 20.2 Å². The van der Waals surface area contributed by atoms with Crippen LogP contribution in [0, 0.1) is 10.8 Å². The lowest BCUT2D eigenvalue weighted by atomic mass is 9.86. The first-order valence-electron chi connectivity index (χ1n) is 23.8. The maximum absolute atomic E-state index is 2.47. The van der Waals surface area contributed by atoms with Crippen molar-refractivity contribution >= 4 is 53.1 Å². The van der Waals surface area contributed by atoms with E-state index in [1.54, 1.807) is 0 Å². The molecule has 10 aromatic carbocycles. The van der Waals surface area contributed by atoms with E-state index in [1.807, 2.05) is 11.3 Å². The second-order valence-electron chi connectivity index (χ2n) is 21.0. The Morgan fingerprint density at radius 2 is 0.761 bits per heavy atom. The Hall–Kier alpha value is -7.06. The third kappa shape index (κ3) is 8.73. The van der Waals surface area contributed by atoms with E-state index in [-0.39, 0.29) is 10.8 Å². The van der Waals surface area contributed by atoms with Crippen LogP contribution in [-0.4, -0.2) is 0 Å². The van der Waals surface area contributed by atoms with Crippen LogP contribution in [-0.2, 0) is 12.8 Å². The van der Waals surface area contributed by atoms with Crippen molar-refractivity contribution in [2.75, 3.05) is 0 Å². The largest absolute Gasteiger partial charge is 0.135 e. The Balaban J connectivity index is 0.887. The number of benzene rings is 10. The molecule has 0 N–H and O–H groups in total. The van der Waals surface area contributed by atoms with Gasteiger partial charge in [0.1, 0.15) is 0 Å². The van der Waals surface area contributed by atoms with E-state index in [4.69, 9.17) is 0 Å². The molecule has 0 aliphatic rings. The van der Waals surface area contributed by atoms with E-state index >= 15 is 0 Å². The molecule has 1 heteroatoms. The normalized spacial score (nSPS) is 12.1. The van der Waals surface area contributed by atoms with Crippen LogP contribution in [0.3, 0.4) is 0 Å². The highest BCUT2D eigenvalue weighted by atomic mass is 32.1. The molecule has 67 heavy (non-hydrogen) atoms. The standard InChI is InChI=1S/C66H56S/c1-65(2,3)41-43-27-32-63-61(33-43)62-35-44(42-66(4,5)6)34-60(64(62)67-63)46-30-28-45(29-31-46)47-16-11-17-48(36-47)49-18-12-19-50(37-49)51-20-13-21-52(38-51)53-22-14-23-54(39-53)59-40-55-15-7-8-24-56(55)57-25-9-10-26-58(57)59/h7-40H,41-42H2,1-6H3. The lowest BCUT2D eigenvalue weighted by molar-refractivity contribution is 0.411. The third-order valence-corrected chi connectivity index (χ3v) is 14.4. The van der Waals surface area contributed by atoms with Crippen LogP contribution in [0.2, 0.25) is 0 Å². The lowest BCUT2D eigenvalue weighted by Crippen LogP contribution is -2.09. The molecule has 0 saturated heterocycles. The zero-order valence-electron chi connectivity index (χ0n) is 39.5. The lowest BCUT2D eigenvalue weighted by Gasteiger charge is -2.19. The fraction of sp³-hybridized carbons (Fsp3) is 0.152. The summed E-state index contributed by atoms with van der Waals surface area (Å²) in [6, 6.07) is 77.3. The van der Waals surface area contributed by atoms with Gasteiger partial charge in [0.2, 0.25) is 0 Å².